The average molecular weight is 413 g/mol. The van der Waals surface area contributed by atoms with Crippen molar-refractivity contribution < 1.29 is 13.2 Å². The first-order valence-electron chi connectivity index (χ1n) is 10.4. The molecule has 1 saturated heterocycles. The molecule has 0 radical (unpaired) electrons. The monoisotopic (exact) mass is 412 g/mol. The smallest absolute Gasteiger partial charge is 0.258 e. The van der Waals surface area contributed by atoms with Crippen LogP contribution in [0.5, 0.6) is 0 Å². The van der Waals surface area contributed by atoms with Crippen LogP contribution in [0, 0.1) is 12.8 Å². The Balaban J connectivity index is 1.57. The number of hydrogen-bond acceptors (Lipinski definition) is 3. The van der Waals surface area contributed by atoms with Crippen LogP contribution in [0.25, 0.3) is 0 Å². The summed E-state index contributed by atoms with van der Waals surface area (Å²) in [5, 5.41) is 0. The first-order chi connectivity index (χ1) is 13.9. The van der Waals surface area contributed by atoms with Crippen molar-refractivity contribution >= 4 is 21.6 Å². The van der Waals surface area contributed by atoms with Crippen molar-refractivity contribution in [2.75, 3.05) is 24.5 Å². The number of benzene rings is 2. The van der Waals surface area contributed by atoms with E-state index in [-0.39, 0.29) is 10.8 Å². The third-order valence-corrected chi connectivity index (χ3v) is 8.06. The summed E-state index contributed by atoms with van der Waals surface area (Å²) in [6.07, 6.45) is 3.70. The maximum Gasteiger partial charge on any atom is 0.258 e. The second-order valence-electron chi connectivity index (χ2n) is 8.25. The van der Waals surface area contributed by atoms with Crippen LogP contribution >= 0.6 is 0 Å². The molecule has 2 aromatic carbocycles. The fraction of sp³-hybridized carbons (Fsp3) is 0.435. The van der Waals surface area contributed by atoms with Crippen LogP contribution in [0.4, 0.5) is 5.69 Å². The Bertz CT molecular complexity index is 1010. The van der Waals surface area contributed by atoms with Crippen molar-refractivity contribution in [3.63, 3.8) is 0 Å². The number of para-hydroxylation sites is 1. The molecule has 29 heavy (non-hydrogen) atoms. The van der Waals surface area contributed by atoms with Gasteiger partial charge in [0.2, 0.25) is 10.0 Å². The van der Waals surface area contributed by atoms with E-state index in [1.54, 1.807) is 28.6 Å². The van der Waals surface area contributed by atoms with E-state index in [0.29, 0.717) is 31.1 Å². The summed E-state index contributed by atoms with van der Waals surface area (Å²) in [6, 6.07) is 12.6. The van der Waals surface area contributed by atoms with Gasteiger partial charge in [-0.2, -0.15) is 4.31 Å². The van der Waals surface area contributed by atoms with Gasteiger partial charge in [-0.3, -0.25) is 4.79 Å². The number of carbonyl (C=O) groups excluding carboxylic acids is 1. The van der Waals surface area contributed by atoms with E-state index in [9.17, 15) is 13.2 Å². The van der Waals surface area contributed by atoms with E-state index in [4.69, 9.17) is 0 Å². The summed E-state index contributed by atoms with van der Waals surface area (Å²) in [4.78, 5) is 15.3. The highest BCUT2D eigenvalue weighted by Gasteiger charge is 2.29. The third-order valence-electron chi connectivity index (χ3n) is 6.15. The van der Waals surface area contributed by atoms with Gasteiger partial charge < -0.3 is 4.90 Å². The Morgan fingerprint density at radius 1 is 1.00 bits per heavy atom. The number of rotatable bonds is 3. The number of aryl methyl sites for hydroxylation is 2. The summed E-state index contributed by atoms with van der Waals surface area (Å²) < 4.78 is 27.4. The number of anilines is 1. The van der Waals surface area contributed by atoms with Gasteiger partial charge in [-0.15, -0.1) is 0 Å². The van der Waals surface area contributed by atoms with Gasteiger partial charge in [0, 0.05) is 25.2 Å². The molecule has 2 aromatic rings. The largest absolute Gasteiger partial charge is 0.308 e. The zero-order valence-electron chi connectivity index (χ0n) is 17.1. The molecule has 0 saturated carbocycles. The number of sulfonamides is 1. The standard InChI is InChI=1S/C23H28N2O3S/c1-17-12-15-24(16-13-17)29(27,28)21-10-8-20(9-11-21)23(26)25-14-4-7-19-6-3-5-18(2)22(19)25/h3,5-6,8-11,17H,4,7,12-16H2,1-2H3. The van der Waals surface area contributed by atoms with Crippen LogP contribution < -0.4 is 4.90 Å². The van der Waals surface area contributed by atoms with E-state index in [0.717, 1.165) is 36.9 Å². The summed E-state index contributed by atoms with van der Waals surface area (Å²) in [6.45, 7) is 6.00. The van der Waals surface area contributed by atoms with Gasteiger partial charge in [-0.1, -0.05) is 25.1 Å². The number of nitrogens with zero attached hydrogens (tertiary/aromatic N) is 2. The molecule has 0 N–H and O–H groups in total. The Hall–Kier alpha value is -2.18. The summed E-state index contributed by atoms with van der Waals surface area (Å²) >= 11 is 0. The lowest BCUT2D eigenvalue weighted by Crippen LogP contribution is -2.38. The van der Waals surface area contributed by atoms with Gasteiger partial charge in [0.05, 0.1) is 10.6 Å². The molecule has 2 heterocycles. The van der Waals surface area contributed by atoms with Gasteiger partial charge in [0.1, 0.15) is 0 Å². The highest BCUT2D eigenvalue weighted by Crippen LogP contribution is 2.32. The predicted octanol–water partition coefficient (Wildman–Crippen LogP) is 4.01. The lowest BCUT2D eigenvalue weighted by molar-refractivity contribution is 0.0985. The van der Waals surface area contributed by atoms with Crippen molar-refractivity contribution in [2.24, 2.45) is 5.92 Å². The summed E-state index contributed by atoms with van der Waals surface area (Å²) in [7, 11) is -3.50. The quantitative estimate of drug-likeness (QED) is 0.765. The average Bonchev–Trinajstić information content (AvgIpc) is 2.73. The van der Waals surface area contributed by atoms with Gasteiger partial charge in [0.25, 0.3) is 5.91 Å². The third kappa shape index (κ3) is 3.83. The van der Waals surface area contributed by atoms with E-state index >= 15 is 0 Å². The van der Waals surface area contributed by atoms with Crippen molar-refractivity contribution in [3.05, 3.63) is 59.2 Å². The zero-order valence-corrected chi connectivity index (χ0v) is 17.9. The molecule has 0 spiro atoms. The maximum atomic E-state index is 13.2. The van der Waals surface area contributed by atoms with E-state index in [2.05, 4.69) is 13.0 Å². The van der Waals surface area contributed by atoms with Crippen molar-refractivity contribution in [1.29, 1.82) is 0 Å². The molecular weight excluding hydrogens is 384 g/mol. The van der Waals surface area contributed by atoms with Crippen LogP contribution in [0.15, 0.2) is 47.4 Å². The highest BCUT2D eigenvalue weighted by atomic mass is 32.2. The molecule has 0 aliphatic carbocycles. The minimum absolute atomic E-state index is 0.0732. The highest BCUT2D eigenvalue weighted by molar-refractivity contribution is 7.89. The van der Waals surface area contributed by atoms with Crippen molar-refractivity contribution in [2.45, 2.75) is 44.4 Å². The van der Waals surface area contributed by atoms with Gasteiger partial charge in [0.15, 0.2) is 0 Å². The SMILES string of the molecule is Cc1cccc2c1N(C(=O)c1ccc(S(=O)(=O)N3CCC(C)CC3)cc1)CCC2. The first kappa shape index (κ1) is 20.1. The molecule has 0 unspecified atom stereocenters. The predicted molar refractivity (Wildman–Crippen MR) is 115 cm³/mol. The Morgan fingerprint density at radius 3 is 2.38 bits per heavy atom. The molecule has 4 rings (SSSR count). The molecule has 5 nitrogen and oxygen atoms in total. The van der Waals surface area contributed by atoms with Gasteiger partial charge >= 0.3 is 0 Å². The molecule has 1 amide bonds. The minimum atomic E-state index is -3.50. The maximum absolute atomic E-state index is 13.2. The van der Waals surface area contributed by atoms with Crippen molar-refractivity contribution in [3.8, 4) is 0 Å². The fourth-order valence-electron chi connectivity index (χ4n) is 4.35. The second kappa shape index (κ2) is 7.92. The van der Waals surface area contributed by atoms with Gasteiger partial charge in [-0.05, 0) is 73.9 Å². The zero-order chi connectivity index (χ0) is 20.6. The topological polar surface area (TPSA) is 57.7 Å². The van der Waals surface area contributed by atoms with Gasteiger partial charge in [-0.25, -0.2) is 8.42 Å². The Kier molecular flexibility index (Phi) is 5.49. The first-order valence-corrected chi connectivity index (χ1v) is 11.8. The summed E-state index contributed by atoms with van der Waals surface area (Å²) in [5.74, 6) is 0.494. The van der Waals surface area contributed by atoms with Crippen molar-refractivity contribution in [1.82, 2.24) is 4.31 Å². The van der Waals surface area contributed by atoms with E-state index in [1.807, 2.05) is 24.0 Å². The van der Waals surface area contributed by atoms with Crippen LogP contribution in [-0.4, -0.2) is 38.3 Å². The molecular formula is C23H28N2O3S. The Labute approximate surface area is 173 Å². The van der Waals surface area contributed by atoms with E-state index in [1.165, 1.54) is 5.56 Å². The van der Waals surface area contributed by atoms with Crippen LogP contribution in [-0.2, 0) is 16.4 Å². The molecule has 1 fully saturated rings. The number of amides is 1. The number of hydrogen-bond donors (Lipinski definition) is 0. The molecule has 0 atom stereocenters. The Morgan fingerprint density at radius 2 is 1.69 bits per heavy atom. The minimum Gasteiger partial charge on any atom is -0.308 e. The summed E-state index contributed by atoms with van der Waals surface area (Å²) in [5.41, 5.74) is 3.81. The molecule has 6 heteroatoms. The van der Waals surface area contributed by atoms with Crippen LogP contribution in [0.3, 0.4) is 0 Å². The second-order valence-corrected chi connectivity index (χ2v) is 10.2. The lowest BCUT2D eigenvalue weighted by Gasteiger charge is -2.31. The molecule has 2 aliphatic rings. The van der Waals surface area contributed by atoms with Crippen LogP contribution in [0.2, 0.25) is 0 Å². The molecule has 2 aliphatic heterocycles. The molecule has 0 bridgehead atoms. The molecule has 154 valence electrons. The number of fused-ring (bicyclic) bond motifs is 1. The fourth-order valence-corrected chi connectivity index (χ4v) is 5.82. The number of carbonyl (C=O) groups is 1. The number of piperidine rings is 1. The van der Waals surface area contributed by atoms with Crippen LogP contribution in [0.1, 0.15) is 47.7 Å². The molecule has 0 aromatic heterocycles. The normalized spacial score (nSPS) is 18.5. The van der Waals surface area contributed by atoms with E-state index < -0.39 is 10.0 Å². The lowest BCUT2D eigenvalue weighted by atomic mass is 9.97.